The third kappa shape index (κ3) is 3.68. The molecule has 2 aromatic heterocycles. The van der Waals surface area contributed by atoms with Crippen LogP contribution >= 0.6 is 11.6 Å². The second kappa shape index (κ2) is 7.97. The van der Waals surface area contributed by atoms with Crippen molar-refractivity contribution in [2.45, 2.75) is 45.3 Å². The van der Waals surface area contributed by atoms with E-state index in [4.69, 9.17) is 27.1 Å². The van der Waals surface area contributed by atoms with E-state index in [-0.39, 0.29) is 34.9 Å². The molecule has 10 heteroatoms. The topological polar surface area (TPSA) is 115 Å². The molecule has 0 radical (unpaired) electrons. The molecule has 1 aliphatic heterocycles. The van der Waals surface area contributed by atoms with E-state index in [1.165, 1.54) is 13.0 Å². The van der Waals surface area contributed by atoms with Gasteiger partial charge in [0.2, 0.25) is 0 Å². The zero-order valence-corrected chi connectivity index (χ0v) is 18.1. The second-order valence-electron chi connectivity index (χ2n) is 7.83. The molecule has 0 spiro atoms. The van der Waals surface area contributed by atoms with Crippen LogP contribution in [0.1, 0.15) is 53.6 Å². The first-order valence-electron chi connectivity index (χ1n) is 9.92. The molecule has 1 amide bonds. The van der Waals surface area contributed by atoms with Crippen LogP contribution in [0.2, 0.25) is 5.02 Å². The summed E-state index contributed by atoms with van der Waals surface area (Å²) in [6.07, 6.45) is 2.80. The zero-order chi connectivity index (χ0) is 22.4. The van der Waals surface area contributed by atoms with Crippen molar-refractivity contribution in [2.75, 3.05) is 12.3 Å². The van der Waals surface area contributed by atoms with Gasteiger partial charge in [0, 0.05) is 30.4 Å². The maximum absolute atomic E-state index is 15.0. The smallest absolute Gasteiger partial charge is 0.258 e. The van der Waals surface area contributed by atoms with Crippen molar-refractivity contribution in [3.63, 3.8) is 0 Å². The third-order valence-corrected chi connectivity index (χ3v) is 5.62. The summed E-state index contributed by atoms with van der Waals surface area (Å²) in [4.78, 5) is 21.6. The highest BCUT2D eigenvalue weighted by atomic mass is 35.5. The Balaban J connectivity index is 1.90. The summed E-state index contributed by atoms with van der Waals surface area (Å²) < 4.78 is 22.7. The molecule has 1 unspecified atom stereocenters. The highest BCUT2D eigenvalue weighted by molar-refractivity contribution is 6.31. The average Bonchev–Trinajstić information content (AvgIpc) is 3.05. The number of hydrogen-bond acceptors (Lipinski definition) is 6. The lowest BCUT2D eigenvalue weighted by molar-refractivity contribution is 0.0908. The van der Waals surface area contributed by atoms with Gasteiger partial charge in [-0.2, -0.15) is 0 Å². The van der Waals surface area contributed by atoms with E-state index < -0.39 is 17.8 Å². The zero-order valence-electron chi connectivity index (χ0n) is 17.3. The van der Waals surface area contributed by atoms with Crippen LogP contribution in [0.5, 0.6) is 5.75 Å². The number of aryl methyl sites for hydroxylation is 1. The Bertz CT molecular complexity index is 1180. The van der Waals surface area contributed by atoms with Gasteiger partial charge in [-0.3, -0.25) is 9.20 Å². The molecule has 8 nitrogen and oxygen atoms in total. The molecule has 0 saturated heterocycles. The molecule has 4 N–H and O–H groups in total. The van der Waals surface area contributed by atoms with Gasteiger partial charge in [-0.05, 0) is 33.3 Å². The average molecular weight is 448 g/mol. The van der Waals surface area contributed by atoms with Crippen LogP contribution in [0.25, 0.3) is 5.52 Å². The van der Waals surface area contributed by atoms with Gasteiger partial charge < -0.3 is 20.9 Å². The molecule has 31 heavy (non-hydrogen) atoms. The lowest BCUT2D eigenvalue weighted by Crippen LogP contribution is -2.33. The summed E-state index contributed by atoms with van der Waals surface area (Å²) in [5.74, 6) is -0.727. The van der Waals surface area contributed by atoms with E-state index >= 15 is 0 Å². The monoisotopic (exact) mass is 447 g/mol. The standard InChI is InChI=1S/C21H23ClFN5O3/c1-9(29)8-26-21(30)15-16(23)14(22)7-12-13(6-10(2)31-18(12)15)20-27-11(3)17-19(24)25-4-5-28(17)20/h4-5,7,9-10,13,29H,6,8H2,1-3H3,(H2,24,25)(H,26,30)/t9-,10?,13-/m0/s1. The van der Waals surface area contributed by atoms with Gasteiger partial charge in [0.25, 0.3) is 5.91 Å². The molecular formula is C21H23ClFN5O3. The number of nitrogens with one attached hydrogen (secondary N) is 1. The van der Waals surface area contributed by atoms with Crippen molar-refractivity contribution in [1.29, 1.82) is 0 Å². The van der Waals surface area contributed by atoms with E-state index in [0.29, 0.717) is 34.8 Å². The molecule has 1 aromatic carbocycles. The summed E-state index contributed by atoms with van der Waals surface area (Å²) in [6, 6.07) is 1.48. The Morgan fingerprint density at radius 3 is 3.00 bits per heavy atom. The summed E-state index contributed by atoms with van der Waals surface area (Å²) in [5, 5.41) is 11.8. The van der Waals surface area contributed by atoms with Gasteiger partial charge in [0.1, 0.15) is 28.5 Å². The third-order valence-electron chi connectivity index (χ3n) is 5.34. The lowest BCUT2D eigenvalue weighted by Gasteiger charge is -2.31. The Morgan fingerprint density at radius 1 is 1.55 bits per heavy atom. The van der Waals surface area contributed by atoms with Crippen molar-refractivity contribution >= 4 is 28.8 Å². The SMILES string of the molecule is Cc1nc([C@H]2CC(C)Oc3c2cc(Cl)c(F)c3C(=O)NC[C@H](C)O)n2ccnc(N)c12. The maximum Gasteiger partial charge on any atom is 0.258 e. The van der Waals surface area contributed by atoms with E-state index in [2.05, 4.69) is 10.3 Å². The van der Waals surface area contributed by atoms with Gasteiger partial charge in [-0.25, -0.2) is 14.4 Å². The molecule has 0 bridgehead atoms. The number of nitrogens with zero attached hydrogens (tertiary/aromatic N) is 3. The number of nitrogen functional groups attached to an aromatic ring is 1. The number of imidazole rings is 1. The number of nitrogens with two attached hydrogens (primary N) is 1. The minimum atomic E-state index is -0.867. The predicted octanol–water partition coefficient (Wildman–Crippen LogP) is 2.83. The molecule has 164 valence electrons. The van der Waals surface area contributed by atoms with Crippen LogP contribution < -0.4 is 15.8 Å². The van der Waals surface area contributed by atoms with Crippen molar-refractivity contribution in [2.24, 2.45) is 0 Å². The fraction of sp³-hybridized carbons (Fsp3) is 0.381. The Hall–Kier alpha value is -2.91. The van der Waals surface area contributed by atoms with Gasteiger partial charge >= 0.3 is 0 Å². The van der Waals surface area contributed by atoms with Crippen LogP contribution in [0.4, 0.5) is 10.2 Å². The van der Waals surface area contributed by atoms with Crippen LogP contribution in [0, 0.1) is 12.7 Å². The largest absolute Gasteiger partial charge is 0.489 e. The minimum Gasteiger partial charge on any atom is -0.489 e. The summed E-state index contributed by atoms with van der Waals surface area (Å²) in [5.41, 5.74) is 7.74. The van der Waals surface area contributed by atoms with Crippen molar-refractivity contribution in [3.8, 4) is 5.75 Å². The number of carbonyl (C=O) groups excluding carboxylic acids is 1. The van der Waals surface area contributed by atoms with E-state index in [1.807, 2.05) is 18.2 Å². The summed E-state index contributed by atoms with van der Waals surface area (Å²) in [6.45, 7) is 5.17. The number of aliphatic hydroxyl groups is 1. The van der Waals surface area contributed by atoms with Gasteiger partial charge in [-0.15, -0.1) is 0 Å². The van der Waals surface area contributed by atoms with Crippen LogP contribution in [-0.2, 0) is 0 Å². The first-order valence-corrected chi connectivity index (χ1v) is 10.3. The summed E-state index contributed by atoms with van der Waals surface area (Å²) >= 11 is 6.18. The molecule has 3 heterocycles. The number of hydrogen-bond donors (Lipinski definition) is 3. The highest BCUT2D eigenvalue weighted by Gasteiger charge is 2.36. The fourth-order valence-corrected chi connectivity index (χ4v) is 4.23. The van der Waals surface area contributed by atoms with Crippen molar-refractivity contribution in [1.82, 2.24) is 19.7 Å². The van der Waals surface area contributed by atoms with Crippen molar-refractivity contribution < 1.29 is 19.0 Å². The lowest BCUT2D eigenvalue weighted by atomic mass is 9.87. The minimum absolute atomic E-state index is 0.0328. The molecule has 1 aliphatic rings. The number of carbonyl (C=O) groups is 1. The fourth-order valence-electron chi connectivity index (χ4n) is 4.01. The van der Waals surface area contributed by atoms with E-state index in [0.717, 1.165) is 0 Å². The predicted molar refractivity (Wildman–Crippen MR) is 114 cm³/mol. The van der Waals surface area contributed by atoms with Crippen LogP contribution in [0.15, 0.2) is 18.5 Å². The van der Waals surface area contributed by atoms with Crippen LogP contribution in [0.3, 0.4) is 0 Å². The van der Waals surface area contributed by atoms with E-state index in [1.54, 1.807) is 12.4 Å². The molecule has 0 fully saturated rings. The number of amides is 1. The number of fused-ring (bicyclic) bond motifs is 2. The van der Waals surface area contributed by atoms with Crippen molar-refractivity contribution in [3.05, 3.63) is 51.9 Å². The normalized spacial score (nSPS) is 19.0. The quantitative estimate of drug-likeness (QED) is 0.566. The number of rotatable bonds is 4. The number of aromatic nitrogens is 3. The molecular weight excluding hydrogens is 425 g/mol. The Labute approximate surface area is 183 Å². The number of ether oxygens (including phenoxy) is 1. The van der Waals surface area contributed by atoms with Crippen LogP contribution in [-0.4, -0.2) is 44.1 Å². The maximum atomic E-state index is 15.0. The highest BCUT2D eigenvalue weighted by Crippen LogP contribution is 2.45. The van der Waals surface area contributed by atoms with Gasteiger partial charge in [0.05, 0.1) is 22.9 Å². The molecule has 0 saturated carbocycles. The number of benzene rings is 1. The van der Waals surface area contributed by atoms with Gasteiger partial charge in [0.15, 0.2) is 5.82 Å². The summed E-state index contributed by atoms with van der Waals surface area (Å²) in [7, 11) is 0. The number of aliphatic hydroxyl groups excluding tert-OH is 1. The first kappa shape index (κ1) is 21.3. The molecule has 3 atom stereocenters. The first-order chi connectivity index (χ1) is 14.7. The number of anilines is 1. The van der Waals surface area contributed by atoms with E-state index in [9.17, 15) is 14.3 Å². The van der Waals surface area contributed by atoms with Gasteiger partial charge in [-0.1, -0.05) is 11.6 Å². The second-order valence-corrected chi connectivity index (χ2v) is 8.24. The Morgan fingerprint density at radius 2 is 2.29 bits per heavy atom. The molecule has 0 aliphatic carbocycles. The molecule has 4 rings (SSSR count). The number of halogens is 2. The Kier molecular flexibility index (Phi) is 5.49. The molecule has 3 aromatic rings.